The van der Waals surface area contributed by atoms with Crippen LogP contribution in [0.4, 0.5) is 0 Å². The summed E-state index contributed by atoms with van der Waals surface area (Å²) < 4.78 is 6.15. The van der Waals surface area contributed by atoms with Crippen LogP contribution in [0.3, 0.4) is 0 Å². The molecule has 0 bridgehead atoms. The Kier molecular flexibility index (Phi) is 6.96. The summed E-state index contributed by atoms with van der Waals surface area (Å²) in [6.45, 7) is 0. The number of hydrazone groups is 1. The third-order valence-corrected chi connectivity index (χ3v) is 4.05. The Hall–Kier alpha value is -3.65. The minimum absolute atomic E-state index is 0.136. The molecule has 7 nitrogen and oxygen atoms in total. The second kappa shape index (κ2) is 10.0. The van der Waals surface area contributed by atoms with Crippen LogP contribution in [0.5, 0.6) is 5.75 Å². The zero-order valence-electron chi connectivity index (χ0n) is 15.0. The number of hydrogen-bond donors (Lipinski definition) is 1. The second-order valence-electron chi connectivity index (χ2n) is 5.64. The van der Waals surface area contributed by atoms with Gasteiger partial charge in [-0.25, -0.2) is 15.2 Å². The van der Waals surface area contributed by atoms with Crippen LogP contribution in [-0.2, 0) is 4.79 Å². The summed E-state index contributed by atoms with van der Waals surface area (Å²) in [6, 6.07) is 14.5. The van der Waals surface area contributed by atoms with Gasteiger partial charge in [0, 0.05) is 28.5 Å². The lowest BCUT2D eigenvalue weighted by Crippen LogP contribution is -2.19. The molecule has 29 heavy (non-hydrogen) atoms. The molecule has 0 aliphatic carbocycles. The summed E-state index contributed by atoms with van der Waals surface area (Å²) >= 11 is 3.36. The maximum absolute atomic E-state index is 12.1. The normalized spacial score (nSPS) is 10.9. The van der Waals surface area contributed by atoms with Crippen molar-refractivity contribution in [2.75, 3.05) is 0 Å². The largest absolute Gasteiger partial charge is 0.423 e. The van der Waals surface area contributed by atoms with Crippen LogP contribution in [0, 0.1) is 0 Å². The summed E-state index contributed by atoms with van der Waals surface area (Å²) in [5.74, 6) is -0.739. The van der Waals surface area contributed by atoms with Gasteiger partial charge in [0.2, 0.25) is 0 Å². The van der Waals surface area contributed by atoms with Gasteiger partial charge in [0.25, 0.3) is 5.91 Å². The average Bonchev–Trinajstić information content (AvgIpc) is 2.75. The molecule has 0 saturated carbocycles. The maximum Gasteiger partial charge on any atom is 0.336 e. The number of nitrogens with zero attached hydrogens (tertiary/aromatic N) is 3. The lowest BCUT2D eigenvalue weighted by Gasteiger charge is -2.06. The van der Waals surface area contributed by atoms with Crippen LogP contribution >= 0.6 is 15.9 Å². The summed E-state index contributed by atoms with van der Waals surface area (Å²) in [6.07, 6.45) is 8.59. The van der Waals surface area contributed by atoms with E-state index in [0.717, 1.165) is 10.0 Å². The highest BCUT2D eigenvalue weighted by Crippen LogP contribution is 2.22. The van der Waals surface area contributed by atoms with Crippen molar-refractivity contribution < 1.29 is 14.3 Å². The maximum atomic E-state index is 12.1. The zero-order valence-corrected chi connectivity index (χ0v) is 16.6. The number of hydrogen-bond acceptors (Lipinski definition) is 6. The van der Waals surface area contributed by atoms with E-state index in [-0.39, 0.29) is 5.69 Å². The van der Waals surface area contributed by atoms with Gasteiger partial charge in [0.05, 0.1) is 12.4 Å². The first-order chi connectivity index (χ1) is 14.1. The third kappa shape index (κ3) is 6.18. The smallest absolute Gasteiger partial charge is 0.336 e. The quantitative estimate of drug-likeness (QED) is 0.203. The minimum Gasteiger partial charge on any atom is -0.423 e. The molecular formula is C21H15BrN4O3. The Bertz CT molecular complexity index is 1050. The van der Waals surface area contributed by atoms with E-state index < -0.39 is 11.9 Å². The van der Waals surface area contributed by atoms with E-state index in [4.69, 9.17) is 4.74 Å². The molecule has 1 N–H and O–H groups in total. The van der Waals surface area contributed by atoms with Crippen molar-refractivity contribution in [2.24, 2.45) is 5.10 Å². The van der Waals surface area contributed by atoms with Crippen LogP contribution in [0.1, 0.15) is 21.6 Å². The van der Waals surface area contributed by atoms with Crippen LogP contribution in [0.25, 0.3) is 6.08 Å². The molecule has 1 aromatic heterocycles. The Morgan fingerprint density at radius 1 is 1.10 bits per heavy atom. The number of ether oxygens (including phenoxy) is 1. The standard InChI is InChI=1S/C21H15BrN4O3/c22-17-7-8-19(29-20(27)9-6-15-4-2-1-3-5-15)16(12-17)13-25-26-21(28)18-14-23-10-11-24-18/h1-14H,(H,26,28)/b9-6+,25-13+. The molecule has 0 spiro atoms. The topological polar surface area (TPSA) is 93.5 Å². The molecule has 3 aromatic rings. The number of halogens is 1. The predicted octanol–water partition coefficient (Wildman–Crippen LogP) is 3.62. The molecule has 0 unspecified atom stereocenters. The molecule has 0 radical (unpaired) electrons. The van der Waals surface area contributed by atoms with Gasteiger partial charge < -0.3 is 4.74 Å². The first-order valence-electron chi connectivity index (χ1n) is 8.46. The Labute approximate surface area is 175 Å². The number of esters is 1. The third-order valence-electron chi connectivity index (χ3n) is 3.56. The average molecular weight is 451 g/mol. The molecule has 0 atom stereocenters. The van der Waals surface area contributed by atoms with E-state index in [0.29, 0.717) is 11.3 Å². The molecule has 0 aliphatic rings. The lowest BCUT2D eigenvalue weighted by molar-refractivity contribution is -0.128. The number of nitrogens with one attached hydrogen (secondary N) is 1. The zero-order chi connectivity index (χ0) is 20.5. The Morgan fingerprint density at radius 3 is 2.69 bits per heavy atom. The number of amides is 1. The SMILES string of the molecule is O=C(/C=C/c1ccccc1)Oc1ccc(Br)cc1/C=N/NC(=O)c1cnccn1. The molecule has 0 saturated heterocycles. The van der Waals surface area contributed by atoms with Crippen molar-refractivity contribution in [1.82, 2.24) is 15.4 Å². The number of carbonyl (C=O) groups excluding carboxylic acids is 2. The summed E-state index contributed by atoms with van der Waals surface area (Å²) in [7, 11) is 0. The van der Waals surface area contributed by atoms with E-state index in [1.54, 1.807) is 24.3 Å². The van der Waals surface area contributed by atoms with Gasteiger partial charge in [-0.1, -0.05) is 46.3 Å². The van der Waals surface area contributed by atoms with Gasteiger partial charge in [0.1, 0.15) is 11.4 Å². The van der Waals surface area contributed by atoms with E-state index in [1.807, 2.05) is 30.3 Å². The van der Waals surface area contributed by atoms with E-state index >= 15 is 0 Å². The predicted molar refractivity (Wildman–Crippen MR) is 112 cm³/mol. The molecule has 0 aliphatic heterocycles. The number of carbonyl (C=O) groups is 2. The monoisotopic (exact) mass is 450 g/mol. The van der Waals surface area contributed by atoms with Gasteiger partial charge in [-0.2, -0.15) is 5.10 Å². The van der Waals surface area contributed by atoms with Crippen molar-refractivity contribution in [3.63, 3.8) is 0 Å². The van der Waals surface area contributed by atoms with Gasteiger partial charge >= 0.3 is 5.97 Å². The number of rotatable bonds is 6. The fourth-order valence-corrected chi connectivity index (χ4v) is 2.60. The highest BCUT2D eigenvalue weighted by Gasteiger charge is 2.08. The van der Waals surface area contributed by atoms with Crippen molar-refractivity contribution in [3.8, 4) is 5.75 Å². The van der Waals surface area contributed by atoms with Gasteiger partial charge in [-0.15, -0.1) is 0 Å². The first kappa shape index (κ1) is 20.1. The molecule has 8 heteroatoms. The molecule has 1 amide bonds. The first-order valence-corrected chi connectivity index (χ1v) is 9.25. The van der Waals surface area contributed by atoms with Gasteiger partial charge in [-0.05, 0) is 29.8 Å². The lowest BCUT2D eigenvalue weighted by atomic mass is 10.2. The van der Waals surface area contributed by atoms with Crippen molar-refractivity contribution in [2.45, 2.75) is 0 Å². The Morgan fingerprint density at radius 2 is 1.93 bits per heavy atom. The molecule has 0 fully saturated rings. The van der Waals surface area contributed by atoms with Crippen LogP contribution in [-0.4, -0.2) is 28.1 Å². The highest BCUT2D eigenvalue weighted by atomic mass is 79.9. The summed E-state index contributed by atoms with van der Waals surface area (Å²) in [4.78, 5) is 31.8. The van der Waals surface area contributed by atoms with E-state index in [9.17, 15) is 9.59 Å². The fraction of sp³-hybridized carbons (Fsp3) is 0. The van der Waals surface area contributed by atoms with Crippen LogP contribution in [0.2, 0.25) is 0 Å². The Balaban J connectivity index is 1.68. The number of aromatic nitrogens is 2. The van der Waals surface area contributed by atoms with Crippen molar-refractivity contribution in [3.05, 3.63) is 94.5 Å². The van der Waals surface area contributed by atoms with Crippen molar-refractivity contribution in [1.29, 1.82) is 0 Å². The summed E-state index contributed by atoms with van der Waals surface area (Å²) in [5.41, 5.74) is 3.87. The van der Waals surface area contributed by atoms with E-state index in [1.165, 1.54) is 30.9 Å². The van der Waals surface area contributed by atoms with Crippen LogP contribution in [0.15, 0.2) is 82.8 Å². The molecule has 144 valence electrons. The van der Waals surface area contributed by atoms with Crippen molar-refractivity contribution >= 4 is 40.1 Å². The minimum atomic E-state index is -0.533. The molecule has 2 aromatic carbocycles. The molecular weight excluding hydrogens is 436 g/mol. The summed E-state index contributed by atoms with van der Waals surface area (Å²) in [5, 5.41) is 3.90. The fourth-order valence-electron chi connectivity index (χ4n) is 2.22. The highest BCUT2D eigenvalue weighted by molar-refractivity contribution is 9.10. The van der Waals surface area contributed by atoms with Crippen LogP contribution < -0.4 is 10.2 Å². The number of benzene rings is 2. The van der Waals surface area contributed by atoms with Gasteiger partial charge in [0.15, 0.2) is 0 Å². The molecule has 1 heterocycles. The second-order valence-corrected chi connectivity index (χ2v) is 6.55. The molecule has 3 rings (SSSR count). The van der Waals surface area contributed by atoms with E-state index in [2.05, 4.69) is 36.4 Å². The van der Waals surface area contributed by atoms with Gasteiger partial charge in [-0.3, -0.25) is 9.78 Å².